The topological polar surface area (TPSA) is 8.17 Å². The van der Waals surface area contributed by atoms with Crippen molar-refractivity contribution in [3.63, 3.8) is 0 Å². The molecule has 0 amide bonds. The number of hydrogen-bond donors (Lipinski definition) is 0. The van der Waals surface area contributed by atoms with E-state index in [0.717, 1.165) is 6.42 Å². The predicted molar refractivity (Wildman–Crippen MR) is 203 cm³/mol. The Morgan fingerprint density at radius 3 is 2.12 bits per heavy atom. The van der Waals surface area contributed by atoms with Gasteiger partial charge in [0.05, 0.1) is 11.0 Å². The molecule has 48 heavy (non-hydrogen) atoms. The maximum absolute atomic E-state index is 2.48. The monoisotopic (exact) mass is 618 g/mol. The fraction of sp³-hybridized carbons (Fsp3) is 0.130. The van der Waals surface area contributed by atoms with Gasteiger partial charge in [-0.25, -0.2) is 0 Å². The summed E-state index contributed by atoms with van der Waals surface area (Å²) < 4.78 is 2.37. The van der Waals surface area contributed by atoms with E-state index in [2.05, 4.69) is 188 Å². The van der Waals surface area contributed by atoms with Crippen LogP contribution in [0.4, 0.5) is 11.4 Å². The normalized spacial score (nSPS) is 16.1. The molecule has 1 heterocycles. The average Bonchev–Trinajstić information content (AvgIpc) is 3.58. The summed E-state index contributed by atoms with van der Waals surface area (Å²) in [6.45, 7) is 7.06. The number of allylic oxidation sites excluding steroid dienone is 4. The largest absolute Gasteiger partial charge is 0.314 e. The maximum Gasteiger partial charge on any atom is 0.0541 e. The Balaban J connectivity index is 1.13. The number of para-hydroxylation sites is 2. The molecule has 1 atom stereocenters. The molecule has 9 rings (SSSR count). The minimum atomic E-state index is -0.0494. The van der Waals surface area contributed by atoms with Crippen molar-refractivity contribution in [3.8, 4) is 27.9 Å². The zero-order valence-corrected chi connectivity index (χ0v) is 27.7. The van der Waals surface area contributed by atoms with E-state index in [1.165, 1.54) is 77.9 Å². The second kappa shape index (κ2) is 11.0. The zero-order valence-electron chi connectivity index (χ0n) is 27.7. The highest BCUT2D eigenvalue weighted by molar-refractivity contribution is 6.10. The number of anilines is 2. The van der Waals surface area contributed by atoms with E-state index in [9.17, 15) is 0 Å². The number of benzene rings is 6. The lowest BCUT2D eigenvalue weighted by molar-refractivity contribution is 0.657. The van der Waals surface area contributed by atoms with E-state index in [-0.39, 0.29) is 5.41 Å². The van der Waals surface area contributed by atoms with Gasteiger partial charge in [0.15, 0.2) is 0 Å². The van der Waals surface area contributed by atoms with Gasteiger partial charge in [0.1, 0.15) is 0 Å². The number of aromatic nitrogens is 1. The molecule has 2 aliphatic rings. The predicted octanol–water partition coefficient (Wildman–Crippen LogP) is 12.4. The molecule has 0 aliphatic heterocycles. The molecule has 0 spiro atoms. The van der Waals surface area contributed by atoms with Crippen LogP contribution >= 0.6 is 0 Å². The van der Waals surface area contributed by atoms with Crippen LogP contribution in [-0.4, -0.2) is 4.57 Å². The van der Waals surface area contributed by atoms with Crippen LogP contribution in [0.5, 0.6) is 0 Å². The number of rotatable bonds is 5. The molecular weight excluding hydrogens is 581 g/mol. The molecule has 7 aromatic rings. The molecule has 0 saturated heterocycles. The fourth-order valence-electron chi connectivity index (χ4n) is 8.12. The second-order valence-corrected chi connectivity index (χ2v) is 13.9. The first-order valence-electron chi connectivity index (χ1n) is 17.1. The fourth-order valence-corrected chi connectivity index (χ4v) is 8.12. The Morgan fingerprint density at radius 1 is 0.604 bits per heavy atom. The van der Waals surface area contributed by atoms with Gasteiger partial charge in [0.2, 0.25) is 0 Å². The van der Waals surface area contributed by atoms with Crippen molar-refractivity contribution < 1.29 is 0 Å². The summed E-state index contributed by atoms with van der Waals surface area (Å²) in [6.07, 6.45) is 7.83. The third kappa shape index (κ3) is 4.40. The van der Waals surface area contributed by atoms with Crippen molar-refractivity contribution in [2.45, 2.75) is 32.6 Å². The van der Waals surface area contributed by atoms with Gasteiger partial charge < -0.3 is 9.47 Å². The Hall–Kier alpha value is -5.60. The molecule has 0 fully saturated rings. The van der Waals surface area contributed by atoms with E-state index in [4.69, 9.17) is 0 Å². The van der Waals surface area contributed by atoms with Gasteiger partial charge >= 0.3 is 0 Å². The van der Waals surface area contributed by atoms with Crippen molar-refractivity contribution >= 4 is 33.2 Å². The molecule has 1 unspecified atom stereocenters. The van der Waals surface area contributed by atoms with Crippen LogP contribution in [0.3, 0.4) is 0 Å². The molecule has 232 valence electrons. The van der Waals surface area contributed by atoms with E-state index in [1.54, 1.807) is 0 Å². The molecule has 0 radical (unpaired) electrons. The van der Waals surface area contributed by atoms with E-state index >= 15 is 0 Å². The van der Waals surface area contributed by atoms with Gasteiger partial charge in [0.25, 0.3) is 0 Å². The van der Waals surface area contributed by atoms with E-state index < -0.39 is 0 Å². The van der Waals surface area contributed by atoms with Gasteiger partial charge in [-0.3, -0.25) is 0 Å². The van der Waals surface area contributed by atoms with Crippen molar-refractivity contribution in [1.82, 2.24) is 4.57 Å². The van der Waals surface area contributed by atoms with E-state index in [0.29, 0.717) is 5.92 Å². The molecule has 0 bridgehead atoms. The SMILES string of the molecule is CC1CC=CC=C1N(c1ccc(-c2ccc3c(c2)c2ccccc2n3-c2ccccc2)cc1)c1ccc2c(c1)C(C)(C)c1ccccc1-2. The average molecular weight is 619 g/mol. The van der Waals surface area contributed by atoms with Gasteiger partial charge in [-0.15, -0.1) is 0 Å². The highest BCUT2D eigenvalue weighted by Gasteiger charge is 2.36. The smallest absolute Gasteiger partial charge is 0.0541 e. The molecule has 2 heteroatoms. The lowest BCUT2D eigenvalue weighted by Crippen LogP contribution is -2.23. The Labute approximate surface area is 282 Å². The summed E-state index contributed by atoms with van der Waals surface area (Å²) in [5.41, 5.74) is 15.3. The van der Waals surface area contributed by atoms with Crippen LogP contribution in [0.1, 0.15) is 38.3 Å². The summed E-state index contributed by atoms with van der Waals surface area (Å²) in [4.78, 5) is 2.48. The second-order valence-electron chi connectivity index (χ2n) is 13.9. The molecule has 0 N–H and O–H groups in total. The first kappa shape index (κ1) is 28.6. The number of hydrogen-bond acceptors (Lipinski definition) is 1. The Morgan fingerprint density at radius 2 is 1.29 bits per heavy atom. The molecule has 2 aliphatic carbocycles. The maximum atomic E-state index is 2.48. The molecule has 0 saturated carbocycles. The van der Waals surface area contributed by atoms with Gasteiger partial charge in [0, 0.05) is 44.9 Å². The summed E-state index contributed by atoms with van der Waals surface area (Å²) in [7, 11) is 0. The van der Waals surface area contributed by atoms with Gasteiger partial charge in [-0.05, 0) is 100 Å². The standard InChI is InChI=1S/C46H38N2/c1-31-13-7-11-19-43(31)47(36-26-27-38-37-16-8-10-18-41(37)46(2,3)42(38)30-36)35-24-21-32(22-25-35)33-23-28-45-40(29-33)39-17-9-12-20-44(39)48(45)34-14-5-4-6-15-34/h4-12,14-31H,13H2,1-3H3. The van der Waals surface area contributed by atoms with Crippen LogP contribution in [0.25, 0.3) is 49.7 Å². The van der Waals surface area contributed by atoms with Crippen LogP contribution in [0, 0.1) is 5.92 Å². The Bertz CT molecular complexity index is 2400. The van der Waals surface area contributed by atoms with Gasteiger partial charge in [-0.1, -0.05) is 118 Å². The zero-order chi connectivity index (χ0) is 32.4. The summed E-state index contributed by atoms with van der Waals surface area (Å²) >= 11 is 0. The highest BCUT2D eigenvalue weighted by atomic mass is 15.2. The van der Waals surface area contributed by atoms with Crippen molar-refractivity contribution in [1.29, 1.82) is 0 Å². The quantitative estimate of drug-likeness (QED) is 0.186. The summed E-state index contributed by atoms with van der Waals surface area (Å²) in [6, 6.07) is 51.5. The van der Waals surface area contributed by atoms with Gasteiger partial charge in [-0.2, -0.15) is 0 Å². The Kier molecular flexibility index (Phi) is 6.55. The molecule has 1 aromatic heterocycles. The molecule has 2 nitrogen and oxygen atoms in total. The van der Waals surface area contributed by atoms with Crippen molar-refractivity contribution in [2.24, 2.45) is 5.92 Å². The van der Waals surface area contributed by atoms with Crippen LogP contribution < -0.4 is 4.90 Å². The lowest BCUT2D eigenvalue weighted by Gasteiger charge is -2.33. The van der Waals surface area contributed by atoms with Crippen molar-refractivity contribution in [2.75, 3.05) is 4.90 Å². The third-order valence-corrected chi connectivity index (χ3v) is 10.6. The molecular formula is C46H38N2. The van der Waals surface area contributed by atoms with Crippen molar-refractivity contribution in [3.05, 3.63) is 175 Å². The molecule has 6 aromatic carbocycles. The number of fused-ring (bicyclic) bond motifs is 6. The van der Waals surface area contributed by atoms with Crippen LogP contribution in [0.2, 0.25) is 0 Å². The number of nitrogens with zero attached hydrogens (tertiary/aromatic N) is 2. The first-order valence-corrected chi connectivity index (χ1v) is 17.1. The summed E-state index contributed by atoms with van der Waals surface area (Å²) in [5.74, 6) is 0.414. The van der Waals surface area contributed by atoms with E-state index in [1.807, 2.05) is 0 Å². The minimum Gasteiger partial charge on any atom is -0.314 e. The first-order chi connectivity index (χ1) is 23.5. The minimum absolute atomic E-state index is 0.0494. The van der Waals surface area contributed by atoms with Crippen LogP contribution in [0.15, 0.2) is 163 Å². The summed E-state index contributed by atoms with van der Waals surface area (Å²) in [5, 5.41) is 2.54. The lowest BCUT2D eigenvalue weighted by atomic mass is 9.82. The van der Waals surface area contributed by atoms with Crippen LogP contribution in [-0.2, 0) is 5.41 Å². The highest BCUT2D eigenvalue weighted by Crippen LogP contribution is 2.50. The third-order valence-electron chi connectivity index (χ3n) is 10.6.